The van der Waals surface area contributed by atoms with E-state index < -0.39 is 10.5 Å². The number of nitro groups is 1. The fourth-order valence-corrected chi connectivity index (χ4v) is 2.70. The third kappa shape index (κ3) is 3.46. The number of carbonyl (C=O) groups is 1. The van der Waals surface area contributed by atoms with E-state index >= 15 is 0 Å². The predicted molar refractivity (Wildman–Crippen MR) is 76.7 cm³/mol. The summed E-state index contributed by atoms with van der Waals surface area (Å²) in [5.74, 6) is -0.231. The van der Waals surface area contributed by atoms with Crippen LogP contribution in [0.1, 0.15) is 32.1 Å². The normalized spacial score (nSPS) is 16.9. The zero-order valence-corrected chi connectivity index (χ0v) is 11.7. The maximum Gasteiger partial charge on any atom is 0.289 e. The second-order valence-electron chi connectivity index (χ2n) is 5.22. The van der Waals surface area contributed by atoms with Crippen LogP contribution in [0.15, 0.2) is 18.2 Å². The number of hydrogen-bond donors (Lipinski definition) is 2. The van der Waals surface area contributed by atoms with Crippen molar-refractivity contribution in [1.29, 1.82) is 0 Å². The number of nitro benzene ring substituents is 1. The maximum atomic E-state index is 11.9. The number of hydrogen-bond acceptors (Lipinski definition) is 4. The minimum Gasteiger partial charge on any atom is -0.326 e. The van der Waals surface area contributed by atoms with Crippen LogP contribution < -0.4 is 11.1 Å². The van der Waals surface area contributed by atoms with Gasteiger partial charge in [0.15, 0.2) is 0 Å². The zero-order valence-electron chi connectivity index (χ0n) is 10.9. The molecule has 2 rings (SSSR count). The van der Waals surface area contributed by atoms with Gasteiger partial charge in [-0.3, -0.25) is 14.9 Å². The number of benzene rings is 1. The number of carbonyl (C=O) groups excluding carboxylic acids is 1. The van der Waals surface area contributed by atoms with Crippen molar-refractivity contribution in [2.24, 2.45) is 5.73 Å². The number of anilines is 1. The molecule has 0 bridgehead atoms. The largest absolute Gasteiger partial charge is 0.326 e. The maximum absolute atomic E-state index is 11.9. The lowest BCUT2D eigenvalue weighted by atomic mass is 9.94. The Morgan fingerprint density at radius 1 is 1.45 bits per heavy atom. The molecule has 7 heteroatoms. The summed E-state index contributed by atoms with van der Waals surface area (Å²) >= 11 is 5.71. The summed E-state index contributed by atoms with van der Waals surface area (Å²) in [4.78, 5) is 22.1. The molecule has 6 nitrogen and oxygen atoms in total. The Morgan fingerprint density at radius 2 is 2.10 bits per heavy atom. The molecule has 1 saturated carbocycles. The van der Waals surface area contributed by atoms with Gasteiger partial charge in [-0.2, -0.15) is 0 Å². The van der Waals surface area contributed by atoms with Crippen molar-refractivity contribution in [3.63, 3.8) is 0 Å². The van der Waals surface area contributed by atoms with E-state index in [0.29, 0.717) is 5.69 Å². The average Bonchev–Trinajstić information content (AvgIpc) is 2.77. The van der Waals surface area contributed by atoms with Gasteiger partial charge >= 0.3 is 0 Å². The number of nitrogens with zero attached hydrogens (tertiary/aromatic N) is 1. The van der Waals surface area contributed by atoms with Crippen LogP contribution in [-0.2, 0) is 4.79 Å². The first-order valence-corrected chi connectivity index (χ1v) is 6.80. The van der Waals surface area contributed by atoms with E-state index in [9.17, 15) is 14.9 Å². The molecule has 1 fully saturated rings. The van der Waals surface area contributed by atoms with Crippen LogP contribution in [0.2, 0.25) is 5.02 Å². The van der Waals surface area contributed by atoms with Crippen molar-refractivity contribution in [2.45, 2.75) is 37.6 Å². The van der Waals surface area contributed by atoms with Crippen LogP contribution in [0.25, 0.3) is 0 Å². The first-order chi connectivity index (χ1) is 9.39. The van der Waals surface area contributed by atoms with Gasteiger partial charge in [0.05, 0.1) is 4.92 Å². The summed E-state index contributed by atoms with van der Waals surface area (Å²) in [5, 5.41) is 13.5. The van der Waals surface area contributed by atoms with E-state index in [0.717, 1.165) is 25.7 Å². The molecule has 0 saturated heterocycles. The molecule has 1 aromatic rings. The van der Waals surface area contributed by atoms with E-state index in [1.807, 2.05) is 0 Å². The Labute approximate surface area is 121 Å². The van der Waals surface area contributed by atoms with Crippen LogP contribution >= 0.6 is 11.6 Å². The van der Waals surface area contributed by atoms with E-state index in [1.54, 1.807) is 0 Å². The molecule has 1 aliphatic rings. The van der Waals surface area contributed by atoms with Gasteiger partial charge in [0.1, 0.15) is 5.02 Å². The summed E-state index contributed by atoms with van der Waals surface area (Å²) in [7, 11) is 0. The van der Waals surface area contributed by atoms with E-state index in [1.165, 1.54) is 18.2 Å². The fraction of sp³-hybridized carbons (Fsp3) is 0.462. The molecular formula is C13H16ClN3O3. The first kappa shape index (κ1) is 14.7. The number of halogens is 1. The van der Waals surface area contributed by atoms with Crippen molar-refractivity contribution in [3.8, 4) is 0 Å². The van der Waals surface area contributed by atoms with Crippen molar-refractivity contribution in [2.75, 3.05) is 5.32 Å². The highest BCUT2D eigenvalue weighted by molar-refractivity contribution is 6.32. The third-order valence-electron chi connectivity index (χ3n) is 3.54. The number of nitrogens with one attached hydrogen (secondary N) is 1. The molecule has 0 aliphatic heterocycles. The van der Waals surface area contributed by atoms with Crippen LogP contribution in [0, 0.1) is 10.1 Å². The average molecular weight is 298 g/mol. The van der Waals surface area contributed by atoms with Gasteiger partial charge in [-0.05, 0) is 25.0 Å². The molecule has 20 heavy (non-hydrogen) atoms. The first-order valence-electron chi connectivity index (χ1n) is 6.42. The molecule has 0 aromatic heterocycles. The van der Waals surface area contributed by atoms with Gasteiger partial charge in [-0.1, -0.05) is 24.4 Å². The molecule has 0 spiro atoms. The Bertz CT molecular complexity index is 542. The van der Waals surface area contributed by atoms with E-state index in [2.05, 4.69) is 5.32 Å². The molecule has 108 valence electrons. The number of amides is 1. The Kier molecular flexibility index (Phi) is 4.25. The molecule has 0 heterocycles. The summed E-state index contributed by atoms with van der Waals surface area (Å²) in [6.45, 7) is 0. The number of rotatable bonds is 4. The Hall–Kier alpha value is -1.66. The Balaban J connectivity index is 2.04. The summed E-state index contributed by atoms with van der Waals surface area (Å²) in [5.41, 5.74) is 5.81. The summed E-state index contributed by atoms with van der Waals surface area (Å²) in [6, 6.07) is 4.17. The molecule has 1 amide bonds. The van der Waals surface area contributed by atoms with E-state index in [4.69, 9.17) is 17.3 Å². The molecule has 0 radical (unpaired) electrons. The lowest BCUT2D eigenvalue weighted by Crippen LogP contribution is -2.40. The second-order valence-corrected chi connectivity index (χ2v) is 5.62. The highest BCUT2D eigenvalue weighted by atomic mass is 35.5. The third-order valence-corrected chi connectivity index (χ3v) is 3.86. The van der Waals surface area contributed by atoms with Gasteiger partial charge in [0, 0.05) is 23.7 Å². The molecule has 3 N–H and O–H groups in total. The van der Waals surface area contributed by atoms with Gasteiger partial charge < -0.3 is 11.1 Å². The van der Waals surface area contributed by atoms with Gasteiger partial charge in [-0.15, -0.1) is 0 Å². The van der Waals surface area contributed by atoms with E-state index in [-0.39, 0.29) is 23.0 Å². The SMILES string of the molecule is NC1(CC(=O)Nc2ccc(Cl)c([N+](=O)[O-])c2)CCCC1. The lowest BCUT2D eigenvalue weighted by Gasteiger charge is -2.22. The molecule has 1 aromatic carbocycles. The smallest absolute Gasteiger partial charge is 0.289 e. The Morgan fingerprint density at radius 3 is 2.70 bits per heavy atom. The minimum absolute atomic E-state index is 0.0408. The van der Waals surface area contributed by atoms with Gasteiger partial charge in [-0.25, -0.2) is 0 Å². The van der Waals surface area contributed by atoms with Gasteiger partial charge in [0.25, 0.3) is 5.69 Å². The fourth-order valence-electron chi connectivity index (χ4n) is 2.51. The summed E-state index contributed by atoms with van der Waals surface area (Å²) < 4.78 is 0. The highest BCUT2D eigenvalue weighted by Crippen LogP contribution is 2.31. The lowest BCUT2D eigenvalue weighted by molar-refractivity contribution is -0.384. The zero-order chi connectivity index (χ0) is 14.8. The van der Waals surface area contributed by atoms with Crippen LogP contribution in [0.3, 0.4) is 0 Å². The van der Waals surface area contributed by atoms with Crippen molar-refractivity contribution in [1.82, 2.24) is 0 Å². The van der Waals surface area contributed by atoms with Crippen molar-refractivity contribution >= 4 is 28.9 Å². The quantitative estimate of drug-likeness (QED) is 0.659. The van der Waals surface area contributed by atoms with Crippen molar-refractivity contribution < 1.29 is 9.72 Å². The van der Waals surface area contributed by atoms with Crippen LogP contribution in [0.5, 0.6) is 0 Å². The van der Waals surface area contributed by atoms with Crippen LogP contribution in [-0.4, -0.2) is 16.4 Å². The molecule has 0 unspecified atom stereocenters. The minimum atomic E-state index is -0.584. The molecular weight excluding hydrogens is 282 g/mol. The summed E-state index contributed by atoms with van der Waals surface area (Å²) in [6.07, 6.45) is 3.97. The second kappa shape index (κ2) is 5.76. The molecule has 0 atom stereocenters. The molecule has 1 aliphatic carbocycles. The predicted octanol–water partition coefficient (Wildman–Crippen LogP) is 2.85. The standard InChI is InChI=1S/C13H16ClN3O3/c14-10-4-3-9(7-11(10)17(19)20)16-12(18)8-13(15)5-1-2-6-13/h3-4,7H,1-2,5-6,8,15H2,(H,16,18). The highest BCUT2D eigenvalue weighted by Gasteiger charge is 2.31. The number of nitrogens with two attached hydrogens (primary N) is 1. The van der Waals surface area contributed by atoms with Crippen LogP contribution in [0.4, 0.5) is 11.4 Å². The van der Waals surface area contributed by atoms with Crippen molar-refractivity contribution in [3.05, 3.63) is 33.3 Å². The monoisotopic (exact) mass is 297 g/mol. The van der Waals surface area contributed by atoms with Gasteiger partial charge in [0.2, 0.25) is 5.91 Å². The topological polar surface area (TPSA) is 98.3 Å².